The van der Waals surface area contributed by atoms with Crippen molar-refractivity contribution in [2.24, 2.45) is 5.92 Å². The van der Waals surface area contributed by atoms with E-state index >= 15 is 0 Å². The van der Waals surface area contributed by atoms with E-state index in [-0.39, 0.29) is 12.2 Å². The zero-order valence-corrected chi connectivity index (χ0v) is 17.0. The Bertz CT molecular complexity index is 968. The highest BCUT2D eigenvalue weighted by molar-refractivity contribution is 7.16. The molecule has 30 heavy (non-hydrogen) atoms. The number of carbonyl (C=O) groups is 1. The van der Waals surface area contributed by atoms with Crippen LogP contribution in [0.5, 0.6) is 0 Å². The minimum Gasteiger partial charge on any atom is -0.370 e. The molecule has 0 fully saturated rings. The molecule has 1 N–H and O–H groups in total. The molecule has 1 atom stereocenters. The van der Waals surface area contributed by atoms with Gasteiger partial charge in [0.2, 0.25) is 0 Å². The van der Waals surface area contributed by atoms with Crippen molar-refractivity contribution in [1.82, 2.24) is 0 Å². The average Bonchev–Trinajstić information content (AvgIpc) is 3.03. The predicted octanol–water partition coefficient (Wildman–Crippen LogP) is 5.41. The lowest BCUT2D eigenvalue weighted by Crippen LogP contribution is -2.32. The maximum atomic E-state index is 12.9. The van der Waals surface area contributed by atoms with Crippen LogP contribution in [0.3, 0.4) is 0 Å². The van der Waals surface area contributed by atoms with Crippen LogP contribution in [0.25, 0.3) is 0 Å². The molecule has 1 aromatic heterocycles. The van der Waals surface area contributed by atoms with Crippen LogP contribution < -0.4 is 5.32 Å². The fourth-order valence-corrected chi connectivity index (χ4v) is 4.66. The number of benzene rings is 1. The molecule has 0 spiro atoms. The number of halogens is 4. The van der Waals surface area contributed by atoms with Gasteiger partial charge in [0, 0.05) is 10.4 Å². The topological polar surface area (TPSA) is 62.1 Å². The van der Waals surface area contributed by atoms with Crippen LogP contribution in [0.2, 0.25) is 0 Å². The van der Waals surface area contributed by atoms with Crippen LogP contribution in [0.15, 0.2) is 24.3 Å². The van der Waals surface area contributed by atoms with Crippen LogP contribution in [0.1, 0.15) is 45.3 Å². The molecule has 0 unspecified atom stereocenters. The van der Waals surface area contributed by atoms with Crippen molar-refractivity contribution >= 4 is 22.2 Å². The zero-order valence-electron chi connectivity index (χ0n) is 16.2. The first-order chi connectivity index (χ1) is 14.2. The summed E-state index contributed by atoms with van der Waals surface area (Å²) in [4.78, 5) is 13.8. The number of nitrogens with zero attached hydrogens (tertiary/aromatic N) is 1. The summed E-state index contributed by atoms with van der Waals surface area (Å²) in [6.45, 7) is 0.404. The van der Waals surface area contributed by atoms with Crippen molar-refractivity contribution in [3.05, 3.63) is 51.4 Å². The number of nitrogens with one attached hydrogen (secondary N) is 1. The maximum absolute atomic E-state index is 12.9. The molecule has 1 aromatic carbocycles. The number of thiophene rings is 1. The summed E-state index contributed by atoms with van der Waals surface area (Å²) in [7, 11) is 0. The highest BCUT2D eigenvalue weighted by Gasteiger charge is 2.40. The number of hydrogen-bond donors (Lipinski definition) is 1. The van der Waals surface area contributed by atoms with E-state index in [4.69, 9.17) is 4.74 Å². The highest BCUT2D eigenvalue weighted by atomic mass is 32.1. The van der Waals surface area contributed by atoms with Crippen LogP contribution >= 0.6 is 11.3 Å². The standard InChI is InChI=1S/C21H20F4N2O2S/c1-12-5-6-15-16(9-26)19(30-17(15)7-12)27-18(28)14-4-2-3-13(8-14)10-29-11-21(24,25)20(22)23/h2-4,8,12,20H,5-7,10-11H2,1H3,(H,27,28)/t12-/m1/s1. The van der Waals surface area contributed by atoms with Crippen molar-refractivity contribution < 1.29 is 27.1 Å². The van der Waals surface area contributed by atoms with Crippen molar-refractivity contribution in [3.63, 3.8) is 0 Å². The van der Waals surface area contributed by atoms with Gasteiger partial charge in [-0.3, -0.25) is 4.79 Å². The molecule has 1 aliphatic rings. The molecule has 1 heterocycles. The third-order valence-electron chi connectivity index (χ3n) is 4.92. The summed E-state index contributed by atoms with van der Waals surface area (Å²) in [5.41, 5.74) is 2.13. The number of anilines is 1. The lowest BCUT2D eigenvalue weighted by Gasteiger charge is -2.17. The first kappa shape index (κ1) is 22.2. The molecule has 3 rings (SSSR count). The van der Waals surface area contributed by atoms with Crippen LogP contribution in [0.4, 0.5) is 22.6 Å². The normalized spacial score (nSPS) is 16.2. The van der Waals surface area contributed by atoms with Crippen molar-refractivity contribution in [1.29, 1.82) is 5.26 Å². The van der Waals surface area contributed by atoms with Gasteiger partial charge in [-0.15, -0.1) is 11.3 Å². The predicted molar refractivity (Wildman–Crippen MR) is 105 cm³/mol. The molecule has 0 bridgehead atoms. The molecule has 1 amide bonds. The number of fused-ring (bicyclic) bond motifs is 1. The number of carbonyl (C=O) groups excluding carboxylic acids is 1. The smallest absolute Gasteiger partial charge is 0.330 e. The van der Waals surface area contributed by atoms with Gasteiger partial charge in [0.15, 0.2) is 0 Å². The average molecular weight is 440 g/mol. The summed E-state index contributed by atoms with van der Waals surface area (Å²) in [6, 6.07) is 8.25. The summed E-state index contributed by atoms with van der Waals surface area (Å²) in [5.74, 6) is -4.14. The Morgan fingerprint density at radius 3 is 2.90 bits per heavy atom. The van der Waals surface area contributed by atoms with E-state index in [1.54, 1.807) is 12.1 Å². The van der Waals surface area contributed by atoms with Crippen LogP contribution in [0, 0.1) is 17.2 Å². The van der Waals surface area contributed by atoms with Gasteiger partial charge >= 0.3 is 12.3 Å². The molecular formula is C21H20F4N2O2S. The second kappa shape index (κ2) is 9.14. The summed E-state index contributed by atoms with van der Waals surface area (Å²) in [6.07, 6.45) is -1.12. The van der Waals surface area contributed by atoms with Crippen molar-refractivity contribution in [3.8, 4) is 6.07 Å². The number of rotatable bonds is 7. The van der Waals surface area contributed by atoms with E-state index in [1.165, 1.54) is 23.5 Å². The molecule has 0 saturated heterocycles. The third-order valence-corrected chi connectivity index (χ3v) is 6.09. The second-order valence-corrected chi connectivity index (χ2v) is 8.48. The Labute approximate surface area is 175 Å². The molecule has 0 saturated carbocycles. The van der Waals surface area contributed by atoms with Crippen molar-refractivity contribution in [2.75, 3.05) is 11.9 Å². The first-order valence-electron chi connectivity index (χ1n) is 9.40. The van der Waals surface area contributed by atoms with E-state index in [0.29, 0.717) is 22.0 Å². The van der Waals surface area contributed by atoms with E-state index in [0.717, 1.165) is 29.7 Å². The van der Waals surface area contributed by atoms with Gasteiger partial charge < -0.3 is 10.1 Å². The number of nitriles is 1. The molecule has 0 radical (unpaired) electrons. The molecule has 1 aliphatic carbocycles. The number of ether oxygens (including phenoxy) is 1. The lowest BCUT2D eigenvalue weighted by atomic mass is 9.88. The van der Waals surface area contributed by atoms with Crippen LogP contribution in [-0.2, 0) is 24.2 Å². The second-order valence-electron chi connectivity index (χ2n) is 7.38. The molecule has 9 heteroatoms. The minimum absolute atomic E-state index is 0.250. The third kappa shape index (κ3) is 4.99. The molecule has 4 nitrogen and oxygen atoms in total. The zero-order chi connectivity index (χ0) is 21.9. The van der Waals surface area contributed by atoms with E-state index in [2.05, 4.69) is 18.3 Å². The van der Waals surface area contributed by atoms with Gasteiger partial charge in [0.25, 0.3) is 5.91 Å². The SMILES string of the molecule is C[C@@H]1CCc2c(sc(NC(=O)c3cccc(COCC(F)(F)C(F)F)c3)c2C#N)C1. The number of amides is 1. The van der Waals surface area contributed by atoms with Crippen LogP contribution in [-0.4, -0.2) is 24.9 Å². The summed E-state index contributed by atoms with van der Waals surface area (Å²) < 4.78 is 54.9. The fourth-order valence-electron chi connectivity index (χ4n) is 3.30. The minimum atomic E-state index is -4.22. The molecular weight excluding hydrogens is 420 g/mol. The van der Waals surface area contributed by atoms with E-state index in [1.807, 2.05) is 0 Å². The van der Waals surface area contributed by atoms with Gasteiger partial charge in [-0.25, -0.2) is 8.78 Å². The van der Waals surface area contributed by atoms with Gasteiger partial charge in [-0.2, -0.15) is 14.0 Å². The first-order valence-corrected chi connectivity index (χ1v) is 10.2. The van der Waals surface area contributed by atoms with Gasteiger partial charge in [-0.05, 0) is 48.4 Å². The van der Waals surface area contributed by atoms with Gasteiger partial charge in [-0.1, -0.05) is 19.1 Å². The summed E-state index contributed by atoms with van der Waals surface area (Å²) >= 11 is 1.40. The lowest BCUT2D eigenvalue weighted by molar-refractivity contribution is -0.168. The highest BCUT2D eigenvalue weighted by Crippen LogP contribution is 2.39. The molecule has 2 aromatic rings. The van der Waals surface area contributed by atoms with E-state index < -0.39 is 24.9 Å². The Hall–Kier alpha value is -2.44. The van der Waals surface area contributed by atoms with Crippen molar-refractivity contribution in [2.45, 2.75) is 45.1 Å². The number of hydrogen-bond acceptors (Lipinski definition) is 4. The fraction of sp³-hybridized carbons (Fsp3) is 0.429. The summed E-state index contributed by atoms with van der Waals surface area (Å²) in [5, 5.41) is 12.8. The van der Waals surface area contributed by atoms with Gasteiger partial charge in [0.05, 0.1) is 12.2 Å². The molecule has 160 valence electrons. The Morgan fingerprint density at radius 2 is 2.20 bits per heavy atom. The Balaban J connectivity index is 1.68. The van der Waals surface area contributed by atoms with E-state index in [9.17, 15) is 27.6 Å². The maximum Gasteiger partial charge on any atom is 0.330 e. The Kier molecular flexibility index (Phi) is 6.78. The quantitative estimate of drug-likeness (QED) is 0.586. The Morgan fingerprint density at radius 1 is 1.43 bits per heavy atom. The van der Waals surface area contributed by atoms with Gasteiger partial charge in [0.1, 0.15) is 17.7 Å². The monoisotopic (exact) mass is 440 g/mol. The number of alkyl halides is 4. The molecule has 0 aliphatic heterocycles. The largest absolute Gasteiger partial charge is 0.370 e.